The van der Waals surface area contributed by atoms with Crippen LogP contribution in [0.15, 0.2) is 18.2 Å². The second kappa shape index (κ2) is 4.73. The van der Waals surface area contributed by atoms with Crippen LogP contribution in [0, 0.1) is 11.3 Å². The number of nitriles is 1. The smallest absolute Gasteiger partial charge is 0.101 e. The molecular weight excluding hydrogens is 222 g/mol. The summed E-state index contributed by atoms with van der Waals surface area (Å²) in [5.41, 5.74) is 1.66. The van der Waals surface area contributed by atoms with Crippen LogP contribution in [0.25, 0.3) is 0 Å². The van der Waals surface area contributed by atoms with Gasteiger partial charge in [-0.05, 0) is 25.2 Å². The van der Waals surface area contributed by atoms with E-state index in [4.69, 9.17) is 16.9 Å². The Kier molecular flexibility index (Phi) is 3.33. The molecule has 0 spiro atoms. The van der Waals surface area contributed by atoms with Crippen molar-refractivity contribution < 1.29 is 0 Å². The zero-order chi connectivity index (χ0) is 11.5. The van der Waals surface area contributed by atoms with Gasteiger partial charge < -0.3 is 9.80 Å². The summed E-state index contributed by atoms with van der Waals surface area (Å²) in [5, 5.41) is 9.75. The summed E-state index contributed by atoms with van der Waals surface area (Å²) in [6.07, 6.45) is 0. The maximum Gasteiger partial charge on any atom is 0.101 e. The van der Waals surface area contributed by atoms with E-state index in [1.807, 2.05) is 6.07 Å². The fraction of sp³-hybridized carbons (Fsp3) is 0.417. The van der Waals surface area contributed by atoms with E-state index in [1.54, 1.807) is 12.1 Å². The highest BCUT2D eigenvalue weighted by atomic mass is 35.5. The number of halogens is 1. The summed E-state index contributed by atoms with van der Waals surface area (Å²) in [6.45, 7) is 3.95. The Hall–Kier alpha value is -1.24. The van der Waals surface area contributed by atoms with Crippen LogP contribution in [0.5, 0.6) is 0 Å². The van der Waals surface area contributed by atoms with E-state index in [1.165, 1.54) is 0 Å². The van der Waals surface area contributed by atoms with Crippen molar-refractivity contribution in [3.63, 3.8) is 0 Å². The van der Waals surface area contributed by atoms with Gasteiger partial charge >= 0.3 is 0 Å². The molecule has 2 rings (SSSR count). The van der Waals surface area contributed by atoms with Gasteiger partial charge in [0.25, 0.3) is 0 Å². The van der Waals surface area contributed by atoms with Crippen LogP contribution in [0.4, 0.5) is 5.69 Å². The number of likely N-dealkylation sites (N-methyl/N-ethyl adjacent to an activating group) is 1. The number of benzene rings is 1. The Morgan fingerprint density at radius 2 is 1.94 bits per heavy atom. The SMILES string of the molecule is CN1CCN(c2cc(Cl)ccc2C#N)CC1. The Labute approximate surface area is 101 Å². The summed E-state index contributed by atoms with van der Waals surface area (Å²) >= 11 is 5.98. The lowest BCUT2D eigenvalue weighted by molar-refractivity contribution is 0.313. The predicted octanol–water partition coefficient (Wildman–Crippen LogP) is 1.96. The summed E-state index contributed by atoms with van der Waals surface area (Å²) in [6, 6.07) is 7.65. The zero-order valence-electron chi connectivity index (χ0n) is 9.28. The largest absolute Gasteiger partial charge is 0.368 e. The molecule has 0 atom stereocenters. The number of nitrogens with zero attached hydrogens (tertiary/aromatic N) is 3. The summed E-state index contributed by atoms with van der Waals surface area (Å²) in [5.74, 6) is 0. The molecule has 1 aromatic carbocycles. The number of hydrogen-bond donors (Lipinski definition) is 0. The number of piperazine rings is 1. The minimum atomic E-state index is 0.688. The van der Waals surface area contributed by atoms with Gasteiger partial charge in [-0.3, -0.25) is 0 Å². The van der Waals surface area contributed by atoms with Crippen LogP contribution < -0.4 is 4.90 Å². The molecule has 0 N–H and O–H groups in total. The van der Waals surface area contributed by atoms with Crippen molar-refractivity contribution in [1.29, 1.82) is 5.26 Å². The topological polar surface area (TPSA) is 30.3 Å². The molecule has 1 fully saturated rings. The Balaban J connectivity index is 2.26. The van der Waals surface area contributed by atoms with Crippen LogP contribution in [0.3, 0.4) is 0 Å². The molecule has 4 heteroatoms. The van der Waals surface area contributed by atoms with Crippen LogP contribution in [-0.4, -0.2) is 38.1 Å². The van der Waals surface area contributed by atoms with Crippen LogP contribution in [0.1, 0.15) is 5.56 Å². The number of rotatable bonds is 1. The normalized spacial score (nSPS) is 17.2. The minimum absolute atomic E-state index is 0.688. The second-order valence-corrected chi connectivity index (χ2v) is 4.50. The van der Waals surface area contributed by atoms with Crippen LogP contribution in [0.2, 0.25) is 5.02 Å². The number of anilines is 1. The van der Waals surface area contributed by atoms with Gasteiger partial charge in [-0.25, -0.2) is 0 Å². The van der Waals surface area contributed by atoms with E-state index in [9.17, 15) is 0 Å². The lowest BCUT2D eigenvalue weighted by Gasteiger charge is -2.34. The molecule has 0 amide bonds. The van der Waals surface area contributed by atoms with Crippen molar-refractivity contribution in [1.82, 2.24) is 4.90 Å². The van der Waals surface area contributed by atoms with E-state index >= 15 is 0 Å². The molecule has 3 nitrogen and oxygen atoms in total. The fourth-order valence-electron chi connectivity index (χ4n) is 1.91. The van der Waals surface area contributed by atoms with Crippen LogP contribution >= 0.6 is 11.6 Å². The van der Waals surface area contributed by atoms with E-state index in [2.05, 4.69) is 22.9 Å². The summed E-state index contributed by atoms with van der Waals surface area (Å²) in [4.78, 5) is 4.51. The van der Waals surface area contributed by atoms with Gasteiger partial charge in [-0.1, -0.05) is 11.6 Å². The monoisotopic (exact) mass is 235 g/mol. The molecule has 16 heavy (non-hydrogen) atoms. The third kappa shape index (κ3) is 2.29. The molecular formula is C12H14ClN3. The molecule has 0 saturated carbocycles. The quantitative estimate of drug-likeness (QED) is 0.746. The molecule has 1 saturated heterocycles. The average molecular weight is 236 g/mol. The maximum atomic E-state index is 9.06. The summed E-state index contributed by atoms with van der Waals surface area (Å²) in [7, 11) is 2.11. The van der Waals surface area contributed by atoms with Gasteiger partial charge in [0, 0.05) is 31.2 Å². The highest BCUT2D eigenvalue weighted by Crippen LogP contribution is 2.25. The standard InChI is InChI=1S/C12H14ClN3/c1-15-4-6-16(7-5-15)12-8-11(13)3-2-10(12)9-14/h2-3,8H,4-7H2,1H3. The highest BCUT2D eigenvalue weighted by molar-refractivity contribution is 6.30. The van der Waals surface area contributed by atoms with Crippen LogP contribution in [-0.2, 0) is 0 Å². The van der Waals surface area contributed by atoms with Crippen molar-refractivity contribution in [3.05, 3.63) is 28.8 Å². The maximum absolute atomic E-state index is 9.06. The van der Waals surface area contributed by atoms with Crippen molar-refractivity contribution in [2.45, 2.75) is 0 Å². The fourth-order valence-corrected chi connectivity index (χ4v) is 2.07. The third-order valence-electron chi connectivity index (χ3n) is 2.92. The molecule has 1 heterocycles. The first-order chi connectivity index (χ1) is 7.70. The van der Waals surface area contributed by atoms with Gasteiger partial charge in [-0.15, -0.1) is 0 Å². The molecule has 84 valence electrons. The Morgan fingerprint density at radius 1 is 1.25 bits per heavy atom. The first kappa shape index (κ1) is 11.3. The molecule has 0 aromatic heterocycles. The molecule has 1 aliphatic heterocycles. The van der Waals surface area contributed by atoms with E-state index < -0.39 is 0 Å². The molecule has 1 aliphatic rings. The first-order valence-electron chi connectivity index (χ1n) is 5.34. The molecule has 0 aliphatic carbocycles. The molecule has 0 radical (unpaired) electrons. The second-order valence-electron chi connectivity index (χ2n) is 4.06. The van der Waals surface area contributed by atoms with Gasteiger partial charge in [-0.2, -0.15) is 5.26 Å². The molecule has 0 bridgehead atoms. The van der Waals surface area contributed by atoms with Gasteiger partial charge in [0.2, 0.25) is 0 Å². The van der Waals surface area contributed by atoms with E-state index in [0.717, 1.165) is 31.9 Å². The average Bonchev–Trinajstić information content (AvgIpc) is 2.30. The van der Waals surface area contributed by atoms with Crippen molar-refractivity contribution >= 4 is 17.3 Å². The van der Waals surface area contributed by atoms with E-state index in [0.29, 0.717) is 10.6 Å². The summed E-state index contributed by atoms with van der Waals surface area (Å²) < 4.78 is 0. The van der Waals surface area contributed by atoms with Crippen molar-refractivity contribution in [2.75, 3.05) is 38.1 Å². The Morgan fingerprint density at radius 3 is 2.56 bits per heavy atom. The van der Waals surface area contributed by atoms with Gasteiger partial charge in [0.05, 0.1) is 11.3 Å². The third-order valence-corrected chi connectivity index (χ3v) is 3.16. The van der Waals surface area contributed by atoms with Gasteiger partial charge in [0.15, 0.2) is 0 Å². The van der Waals surface area contributed by atoms with Gasteiger partial charge in [0.1, 0.15) is 6.07 Å². The first-order valence-corrected chi connectivity index (χ1v) is 5.71. The molecule has 0 unspecified atom stereocenters. The highest BCUT2D eigenvalue weighted by Gasteiger charge is 2.17. The number of hydrogen-bond acceptors (Lipinski definition) is 3. The predicted molar refractivity (Wildman–Crippen MR) is 65.9 cm³/mol. The van der Waals surface area contributed by atoms with E-state index in [-0.39, 0.29) is 0 Å². The van der Waals surface area contributed by atoms with Crippen molar-refractivity contribution in [2.24, 2.45) is 0 Å². The minimum Gasteiger partial charge on any atom is -0.368 e. The zero-order valence-corrected chi connectivity index (χ0v) is 10.0. The lowest BCUT2D eigenvalue weighted by atomic mass is 10.1. The molecule has 1 aromatic rings. The Bertz CT molecular complexity index is 417. The lowest BCUT2D eigenvalue weighted by Crippen LogP contribution is -2.44. The van der Waals surface area contributed by atoms with Crippen molar-refractivity contribution in [3.8, 4) is 6.07 Å².